The molecule has 92 valence electrons. The fraction of sp³-hybridized carbons (Fsp3) is 0. The molecular weight excluding hydrogens is 245 g/mol. The van der Waals surface area contributed by atoms with Gasteiger partial charge in [0, 0.05) is 17.2 Å². The van der Waals surface area contributed by atoms with E-state index in [-0.39, 0.29) is 16.7 Å². The summed E-state index contributed by atoms with van der Waals surface area (Å²) >= 11 is 0. The van der Waals surface area contributed by atoms with Crippen molar-refractivity contribution in [2.75, 3.05) is 0 Å². The number of carboxylic acid groups (broad SMARTS) is 1. The highest BCUT2D eigenvalue weighted by Crippen LogP contribution is 2.27. The van der Waals surface area contributed by atoms with E-state index < -0.39 is 23.4 Å². The Labute approximate surface area is 100 Å². The molecule has 0 amide bonds. The Hall–Kier alpha value is -2.30. The monoisotopic (exact) mass is 252 g/mol. The molecule has 0 bridgehead atoms. The zero-order valence-electron chi connectivity index (χ0n) is 8.95. The highest BCUT2D eigenvalue weighted by Gasteiger charge is 2.13. The van der Waals surface area contributed by atoms with Gasteiger partial charge in [-0.3, -0.25) is 0 Å². The highest BCUT2D eigenvalue weighted by atomic mass is 19.1. The normalized spacial score (nSPS) is 10.4. The van der Waals surface area contributed by atoms with Crippen molar-refractivity contribution in [1.29, 1.82) is 0 Å². The van der Waals surface area contributed by atoms with Gasteiger partial charge in [-0.25, -0.2) is 18.0 Å². The van der Waals surface area contributed by atoms with Gasteiger partial charge < -0.3 is 5.11 Å². The van der Waals surface area contributed by atoms with E-state index in [4.69, 9.17) is 5.11 Å². The van der Waals surface area contributed by atoms with Gasteiger partial charge in [0.1, 0.15) is 17.5 Å². The second-order valence-corrected chi connectivity index (χ2v) is 3.62. The maximum Gasteiger partial charge on any atom is 0.335 e. The van der Waals surface area contributed by atoms with Crippen LogP contribution >= 0.6 is 0 Å². The third-order valence-electron chi connectivity index (χ3n) is 2.43. The molecule has 0 unspecified atom stereocenters. The van der Waals surface area contributed by atoms with E-state index in [2.05, 4.69) is 0 Å². The van der Waals surface area contributed by atoms with Crippen LogP contribution in [0.1, 0.15) is 10.4 Å². The molecule has 1 N–H and O–H groups in total. The van der Waals surface area contributed by atoms with Crippen LogP contribution in [0.4, 0.5) is 13.2 Å². The zero-order chi connectivity index (χ0) is 13.3. The summed E-state index contributed by atoms with van der Waals surface area (Å²) in [5, 5.41) is 8.78. The maximum absolute atomic E-state index is 13.5. The van der Waals surface area contributed by atoms with E-state index in [0.717, 1.165) is 30.3 Å². The molecule has 2 aromatic carbocycles. The molecule has 0 aromatic heterocycles. The van der Waals surface area contributed by atoms with Gasteiger partial charge in [-0.05, 0) is 30.3 Å². The van der Waals surface area contributed by atoms with Gasteiger partial charge in [-0.15, -0.1) is 0 Å². The first-order valence-corrected chi connectivity index (χ1v) is 4.97. The van der Waals surface area contributed by atoms with Crippen molar-refractivity contribution in [2.45, 2.75) is 0 Å². The molecule has 0 heterocycles. The van der Waals surface area contributed by atoms with Crippen LogP contribution in [-0.2, 0) is 0 Å². The highest BCUT2D eigenvalue weighted by molar-refractivity contribution is 5.89. The Kier molecular flexibility index (Phi) is 3.06. The number of benzene rings is 2. The van der Waals surface area contributed by atoms with Crippen molar-refractivity contribution in [1.82, 2.24) is 0 Å². The Morgan fingerprint density at radius 1 is 0.889 bits per heavy atom. The van der Waals surface area contributed by atoms with Crippen LogP contribution in [0.15, 0.2) is 36.4 Å². The SMILES string of the molecule is O=C(O)c1ccc(F)c(-c2ccc(F)cc2F)c1. The minimum absolute atomic E-state index is 0.171. The second-order valence-electron chi connectivity index (χ2n) is 3.62. The van der Waals surface area contributed by atoms with E-state index in [1.807, 2.05) is 0 Å². The Morgan fingerprint density at radius 3 is 2.22 bits per heavy atom. The van der Waals surface area contributed by atoms with Gasteiger partial charge in [-0.1, -0.05) is 0 Å². The first kappa shape index (κ1) is 12.2. The van der Waals surface area contributed by atoms with Crippen LogP contribution in [0, 0.1) is 17.5 Å². The zero-order valence-corrected chi connectivity index (χ0v) is 8.95. The number of aromatic carboxylic acids is 1. The van der Waals surface area contributed by atoms with Gasteiger partial charge >= 0.3 is 5.97 Å². The number of hydrogen-bond acceptors (Lipinski definition) is 1. The Balaban J connectivity index is 2.62. The molecule has 2 aromatic rings. The van der Waals surface area contributed by atoms with E-state index in [9.17, 15) is 18.0 Å². The topological polar surface area (TPSA) is 37.3 Å². The summed E-state index contributed by atoms with van der Waals surface area (Å²) in [5.74, 6) is -3.76. The number of carbonyl (C=O) groups is 1. The molecule has 2 nitrogen and oxygen atoms in total. The Morgan fingerprint density at radius 2 is 1.61 bits per heavy atom. The molecule has 0 saturated heterocycles. The second kappa shape index (κ2) is 4.52. The molecule has 0 aliphatic carbocycles. The summed E-state index contributed by atoms with van der Waals surface area (Å²) < 4.78 is 39.8. The third kappa shape index (κ3) is 2.20. The van der Waals surface area contributed by atoms with E-state index in [1.54, 1.807) is 0 Å². The molecule has 2 rings (SSSR count). The molecule has 0 aliphatic heterocycles. The average Bonchev–Trinajstić information content (AvgIpc) is 2.30. The van der Waals surface area contributed by atoms with Crippen LogP contribution < -0.4 is 0 Å². The van der Waals surface area contributed by atoms with E-state index >= 15 is 0 Å². The van der Waals surface area contributed by atoms with Crippen LogP contribution in [0.5, 0.6) is 0 Å². The fourth-order valence-corrected chi connectivity index (χ4v) is 1.57. The molecule has 0 aliphatic rings. The summed E-state index contributed by atoms with van der Waals surface area (Å²) in [6.45, 7) is 0. The predicted octanol–water partition coefficient (Wildman–Crippen LogP) is 3.47. The minimum Gasteiger partial charge on any atom is -0.478 e. The molecule has 18 heavy (non-hydrogen) atoms. The van der Waals surface area contributed by atoms with Crippen molar-refractivity contribution >= 4 is 5.97 Å². The summed E-state index contributed by atoms with van der Waals surface area (Å²) in [6, 6.07) is 5.67. The number of halogens is 3. The summed E-state index contributed by atoms with van der Waals surface area (Å²) in [7, 11) is 0. The molecular formula is C13H7F3O2. The number of rotatable bonds is 2. The van der Waals surface area contributed by atoms with Gasteiger partial charge in [-0.2, -0.15) is 0 Å². The Bertz CT molecular complexity index is 624. The first-order chi connectivity index (χ1) is 8.49. The predicted molar refractivity (Wildman–Crippen MR) is 58.7 cm³/mol. The standard InChI is InChI=1S/C13H7F3O2/c14-8-2-3-9(12(16)6-8)10-5-7(13(17)18)1-4-11(10)15/h1-6H,(H,17,18). The summed E-state index contributed by atoms with van der Waals surface area (Å²) in [5.41, 5.74) is -0.570. The smallest absolute Gasteiger partial charge is 0.335 e. The van der Waals surface area contributed by atoms with Crippen LogP contribution in [0.3, 0.4) is 0 Å². The average molecular weight is 252 g/mol. The number of hydrogen-bond donors (Lipinski definition) is 1. The van der Waals surface area contributed by atoms with Crippen molar-refractivity contribution in [3.05, 3.63) is 59.4 Å². The largest absolute Gasteiger partial charge is 0.478 e. The molecule has 0 atom stereocenters. The first-order valence-electron chi connectivity index (χ1n) is 4.97. The van der Waals surface area contributed by atoms with Gasteiger partial charge in [0.05, 0.1) is 5.56 Å². The van der Waals surface area contributed by atoms with Crippen molar-refractivity contribution in [3.63, 3.8) is 0 Å². The lowest BCUT2D eigenvalue weighted by Gasteiger charge is -2.06. The van der Waals surface area contributed by atoms with E-state index in [1.165, 1.54) is 0 Å². The van der Waals surface area contributed by atoms with Gasteiger partial charge in [0.15, 0.2) is 0 Å². The molecule has 0 saturated carbocycles. The van der Waals surface area contributed by atoms with Gasteiger partial charge in [0.25, 0.3) is 0 Å². The molecule has 5 heteroatoms. The third-order valence-corrected chi connectivity index (χ3v) is 2.43. The van der Waals surface area contributed by atoms with Crippen LogP contribution in [-0.4, -0.2) is 11.1 Å². The maximum atomic E-state index is 13.5. The van der Waals surface area contributed by atoms with Crippen molar-refractivity contribution in [2.24, 2.45) is 0 Å². The summed E-state index contributed by atoms with van der Waals surface area (Å²) in [4.78, 5) is 10.8. The number of carboxylic acids is 1. The van der Waals surface area contributed by atoms with Crippen molar-refractivity contribution in [3.8, 4) is 11.1 Å². The van der Waals surface area contributed by atoms with Crippen molar-refractivity contribution < 1.29 is 23.1 Å². The molecule has 0 spiro atoms. The molecule has 0 radical (unpaired) electrons. The lowest BCUT2D eigenvalue weighted by atomic mass is 10.0. The lowest BCUT2D eigenvalue weighted by Crippen LogP contribution is -1.98. The minimum atomic E-state index is -1.25. The van der Waals surface area contributed by atoms with Crippen LogP contribution in [0.2, 0.25) is 0 Å². The van der Waals surface area contributed by atoms with Crippen LogP contribution in [0.25, 0.3) is 11.1 Å². The fourth-order valence-electron chi connectivity index (χ4n) is 1.57. The quantitative estimate of drug-likeness (QED) is 0.888. The lowest BCUT2D eigenvalue weighted by molar-refractivity contribution is 0.0697. The van der Waals surface area contributed by atoms with E-state index in [0.29, 0.717) is 6.07 Å². The molecule has 0 fully saturated rings. The van der Waals surface area contributed by atoms with Gasteiger partial charge in [0.2, 0.25) is 0 Å². The summed E-state index contributed by atoms with van der Waals surface area (Å²) in [6.07, 6.45) is 0.